The molecule has 3 heteroatoms. The fraction of sp³-hybridized carbons (Fsp3) is 0.917. The van der Waals surface area contributed by atoms with Gasteiger partial charge in [-0.3, -0.25) is 0 Å². The van der Waals surface area contributed by atoms with Crippen LogP contribution in [0.25, 0.3) is 0 Å². The molecule has 0 fully saturated rings. The molecule has 0 aromatic rings. The molecule has 0 saturated heterocycles. The van der Waals surface area contributed by atoms with Gasteiger partial charge >= 0.3 is 5.97 Å². The molecule has 0 aliphatic rings. The molecule has 0 aromatic carbocycles. The van der Waals surface area contributed by atoms with Crippen molar-refractivity contribution in [2.75, 3.05) is 6.61 Å². The topological polar surface area (TPSA) is 26.3 Å². The van der Waals surface area contributed by atoms with E-state index in [1.807, 2.05) is 0 Å². The Kier molecular flexibility index (Phi) is 9.54. The molecule has 0 radical (unpaired) electrons. The number of unbranched alkanes of at least 4 members (excludes halogenated alkanes) is 5. The van der Waals surface area contributed by atoms with Gasteiger partial charge in [-0.1, -0.05) is 39.0 Å². The van der Waals surface area contributed by atoms with Crippen LogP contribution in [0.3, 0.4) is 0 Å². The molecule has 0 aliphatic heterocycles. The summed E-state index contributed by atoms with van der Waals surface area (Å²) < 4.78 is 17.7. The van der Waals surface area contributed by atoms with Crippen molar-refractivity contribution in [2.45, 2.75) is 65.0 Å². The molecule has 0 aliphatic carbocycles. The lowest BCUT2D eigenvalue weighted by Crippen LogP contribution is -2.18. The van der Waals surface area contributed by atoms with Gasteiger partial charge in [0.05, 0.1) is 6.61 Å². The summed E-state index contributed by atoms with van der Waals surface area (Å²) in [5.74, 6) is -0.703. The van der Waals surface area contributed by atoms with Crippen molar-refractivity contribution in [2.24, 2.45) is 0 Å². The van der Waals surface area contributed by atoms with E-state index >= 15 is 0 Å². The van der Waals surface area contributed by atoms with Crippen LogP contribution in [0.1, 0.15) is 58.8 Å². The van der Waals surface area contributed by atoms with Crippen LogP contribution in [0.2, 0.25) is 0 Å². The maximum atomic E-state index is 13.1. The average Bonchev–Trinajstić information content (AvgIpc) is 2.23. The second-order valence-corrected chi connectivity index (χ2v) is 3.78. The zero-order chi connectivity index (χ0) is 11.5. The third-order valence-electron chi connectivity index (χ3n) is 2.35. The van der Waals surface area contributed by atoms with E-state index in [0.717, 1.165) is 19.3 Å². The van der Waals surface area contributed by atoms with Gasteiger partial charge in [-0.25, -0.2) is 9.18 Å². The number of esters is 1. The van der Waals surface area contributed by atoms with Crippen molar-refractivity contribution in [3.05, 3.63) is 0 Å². The maximum absolute atomic E-state index is 13.1. The third kappa shape index (κ3) is 8.40. The first-order chi connectivity index (χ1) is 7.22. The molecule has 0 N–H and O–H groups in total. The van der Waals surface area contributed by atoms with E-state index in [2.05, 4.69) is 11.7 Å². The molecule has 15 heavy (non-hydrogen) atoms. The highest BCUT2D eigenvalue weighted by atomic mass is 19.1. The molecule has 90 valence electrons. The van der Waals surface area contributed by atoms with Crippen LogP contribution in [0, 0.1) is 0 Å². The standard InChI is InChI=1S/C12H23FO2/c1-3-5-6-7-8-9-10-11(13)12(14)15-4-2/h11H,3-10H2,1-2H3/t11-/m1/s1. The fourth-order valence-corrected chi connectivity index (χ4v) is 1.45. The summed E-state index contributed by atoms with van der Waals surface area (Å²) in [5, 5.41) is 0. The minimum atomic E-state index is -1.42. The Morgan fingerprint density at radius 1 is 1.13 bits per heavy atom. The largest absolute Gasteiger partial charge is 0.464 e. The summed E-state index contributed by atoms with van der Waals surface area (Å²) in [4.78, 5) is 10.9. The summed E-state index contributed by atoms with van der Waals surface area (Å²) >= 11 is 0. The van der Waals surface area contributed by atoms with E-state index in [-0.39, 0.29) is 6.61 Å². The molecule has 0 aromatic heterocycles. The minimum Gasteiger partial charge on any atom is -0.464 e. The van der Waals surface area contributed by atoms with E-state index in [4.69, 9.17) is 0 Å². The lowest BCUT2D eigenvalue weighted by Gasteiger charge is -2.06. The van der Waals surface area contributed by atoms with Gasteiger partial charge in [-0.15, -0.1) is 0 Å². The number of alkyl halides is 1. The predicted octanol–water partition coefficient (Wildman–Crippen LogP) is 3.64. The summed E-state index contributed by atoms with van der Waals surface area (Å²) in [7, 11) is 0. The number of hydrogen-bond acceptors (Lipinski definition) is 2. The Morgan fingerprint density at radius 3 is 2.33 bits per heavy atom. The molecular formula is C12H23FO2. The van der Waals surface area contributed by atoms with Crippen LogP contribution in [0.5, 0.6) is 0 Å². The van der Waals surface area contributed by atoms with E-state index in [1.165, 1.54) is 19.3 Å². The van der Waals surface area contributed by atoms with E-state index in [0.29, 0.717) is 6.42 Å². The first-order valence-corrected chi connectivity index (χ1v) is 6.03. The second-order valence-electron chi connectivity index (χ2n) is 3.78. The van der Waals surface area contributed by atoms with Crippen molar-refractivity contribution in [3.8, 4) is 0 Å². The van der Waals surface area contributed by atoms with Gasteiger partial charge in [0.25, 0.3) is 0 Å². The van der Waals surface area contributed by atoms with Crippen LogP contribution >= 0.6 is 0 Å². The first-order valence-electron chi connectivity index (χ1n) is 6.03. The van der Waals surface area contributed by atoms with Crippen LogP contribution in [-0.4, -0.2) is 18.7 Å². The molecule has 0 saturated carbocycles. The third-order valence-corrected chi connectivity index (χ3v) is 2.35. The normalized spacial score (nSPS) is 12.5. The SMILES string of the molecule is CCCCCCCC[C@@H](F)C(=O)OCC. The summed E-state index contributed by atoms with van der Waals surface area (Å²) in [6.45, 7) is 4.11. The molecule has 0 heterocycles. The Labute approximate surface area is 92.2 Å². The number of ether oxygens (including phenoxy) is 1. The van der Waals surface area contributed by atoms with E-state index in [9.17, 15) is 9.18 Å². The quantitative estimate of drug-likeness (QED) is 0.436. The van der Waals surface area contributed by atoms with Crippen LogP contribution in [-0.2, 0) is 9.53 Å². The van der Waals surface area contributed by atoms with Crippen molar-refractivity contribution < 1.29 is 13.9 Å². The smallest absolute Gasteiger partial charge is 0.340 e. The molecule has 2 nitrogen and oxygen atoms in total. The number of carbonyl (C=O) groups is 1. The number of rotatable bonds is 9. The Balaban J connectivity index is 3.30. The number of hydrogen-bond donors (Lipinski definition) is 0. The van der Waals surface area contributed by atoms with Crippen LogP contribution in [0.15, 0.2) is 0 Å². The molecular weight excluding hydrogens is 195 g/mol. The van der Waals surface area contributed by atoms with E-state index in [1.54, 1.807) is 6.92 Å². The molecule has 0 amide bonds. The van der Waals surface area contributed by atoms with Gasteiger partial charge in [-0.05, 0) is 19.8 Å². The van der Waals surface area contributed by atoms with Gasteiger partial charge in [0, 0.05) is 0 Å². The minimum absolute atomic E-state index is 0.260. The van der Waals surface area contributed by atoms with Crippen LogP contribution in [0.4, 0.5) is 4.39 Å². The highest BCUT2D eigenvalue weighted by molar-refractivity contribution is 5.74. The fourth-order valence-electron chi connectivity index (χ4n) is 1.45. The van der Waals surface area contributed by atoms with Gasteiger partial charge in [0.2, 0.25) is 0 Å². The Hall–Kier alpha value is -0.600. The molecule has 0 bridgehead atoms. The summed E-state index contributed by atoms with van der Waals surface area (Å²) in [6.07, 6.45) is 5.51. The molecule has 0 unspecified atom stereocenters. The monoisotopic (exact) mass is 218 g/mol. The lowest BCUT2D eigenvalue weighted by molar-refractivity contribution is -0.149. The summed E-state index contributed by atoms with van der Waals surface area (Å²) in [6, 6.07) is 0. The first kappa shape index (κ1) is 14.4. The van der Waals surface area contributed by atoms with Gasteiger partial charge in [0.15, 0.2) is 6.17 Å². The van der Waals surface area contributed by atoms with Crippen LogP contribution < -0.4 is 0 Å². The van der Waals surface area contributed by atoms with Gasteiger partial charge < -0.3 is 4.74 Å². The lowest BCUT2D eigenvalue weighted by atomic mass is 10.1. The number of halogens is 1. The van der Waals surface area contributed by atoms with Gasteiger partial charge in [0.1, 0.15) is 0 Å². The van der Waals surface area contributed by atoms with Crippen molar-refractivity contribution in [3.63, 3.8) is 0 Å². The maximum Gasteiger partial charge on any atom is 0.340 e. The zero-order valence-corrected chi connectivity index (χ0v) is 9.93. The highest BCUT2D eigenvalue weighted by Gasteiger charge is 2.17. The average molecular weight is 218 g/mol. The summed E-state index contributed by atoms with van der Waals surface area (Å²) in [5.41, 5.74) is 0. The number of carbonyl (C=O) groups excluding carboxylic acids is 1. The zero-order valence-electron chi connectivity index (χ0n) is 9.93. The predicted molar refractivity (Wildman–Crippen MR) is 59.5 cm³/mol. The molecule has 0 spiro atoms. The Bertz CT molecular complexity index is 160. The van der Waals surface area contributed by atoms with E-state index < -0.39 is 12.1 Å². The second kappa shape index (κ2) is 9.94. The van der Waals surface area contributed by atoms with Crippen molar-refractivity contribution >= 4 is 5.97 Å². The van der Waals surface area contributed by atoms with Crippen molar-refractivity contribution in [1.29, 1.82) is 0 Å². The Morgan fingerprint density at radius 2 is 1.73 bits per heavy atom. The van der Waals surface area contributed by atoms with Gasteiger partial charge in [-0.2, -0.15) is 0 Å². The molecule has 1 atom stereocenters. The van der Waals surface area contributed by atoms with Crippen molar-refractivity contribution in [1.82, 2.24) is 0 Å². The highest BCUT2D eigenvalue weighted by Crippen LogP contribution is 2.11. The molecule has 0 rings (SSSR count).